The van der Waals surface area contributed by atoms with Gasteiger partial charge in [-0.3, -0.25) is 0 Å². The second-order valence-corrected chi connectivity index (χ2v) is 5.23. The largest absolute Gasteiger partial charge is 0.396 e. The van der Waals surface area contributed by atoms with Gasteiger partial charge in [-0.05, 0) is 30.0 Å². The summed E-state index contributed by atoms with van der Waals surface area (Å²) in [5, 5.41) is 14.3. The minimum absolute atomic E-state index is 0.155. The smallest absolute Gasteiger partial charge is 0.315 e. The van der Waals surface area contributed by atoms with Gasteiger partial charge in [0.15, 0.2) is 0 Å². The number of aliphatic hydroxyl groups is 1. The molecule has 1 aromatic rings. The summed E-state index contributed by atoms with van der Waals surface area (Å²) in [6, 6.07) is 7.62. The maximum Gasteiger partial charge on any atom is 0.315 e. The fraction of sp³-hybridized carbons (Fsp3) is 0.462. The number of carbonyl (C=O) groups excluding carboxylic acids is 1. The van der Waals surface area contributed by atoms with Crippen molar-refractivity contribution in [2.45, 2.75) is 19.9 Å². The number of hydrogen-bond donors (Lipinski definition) is 3. The van der Waals surface area contributed by atoms with E-state index in [0.29, 0.717) is 19.5 Å². The molecule has 0 aromatic heterocycles. The second kappa shape index (κ2) is 8.11. The number of carbonyl (C=O) groups is 1. The Labute approximate surface area is 116 Å². The summed E-state index contributed by atoms with van der Waals surface area (Å²) in [6.07, 6.45) is 0.700. The van der Waals surface area contributed by atoms with E-state index in [1.807, 2.05) is 31.2 Å². The number of rotatable bonds is 6. The van der Waals surface area contributed by atoms with Gasteiger partial charge in [-0.25, -0.2) is 4.79 Å². The van der Waals surface area contributed by atoms with Crippen molar-refractivity contribution >= 4 is 22.0 Å². The first-order valence-electron chi connectivity index (χ1n) is 5.99. The summed E-state index contributed by atoms with van der Waals surface area (Å²) < 4.78 is 0.999. The van der Waals surface area contributed by atoms with Crippen molar-refractivity contribution < 1.29 is 9.90 Å². The van der Waals surface area contributed by atoms with Crippen LogP contribution in [0.2, 0.25) is 0 Å². The SMILES string of the molecule is CC(CCO)CNC(=O)NCc1cccc(Br)c1. The van der Waals surface area contributed by atoms with E-state index in [9.17, 15) is 4.79 Å². The molecular formula is C13H19BrN2O2. The van der Waals surface area contributed by atoms with Crippen LogP contribution in [-0.4, -0.2) is 24.3 Å². The van der Waals surface area contributed by atoms with Crippen LogP contribution < -0.4 is 10.6 Å². The van der Waals surface area contributed by atoms with Crippen LogP contribution in [0.4, 0.5) is 4.79 Å². The summed E-state index contributed by atoms with van der Waals surface area (Å²) in [6.45, 7) is 3.22. The van der Waals surface area contributed by atoms with E-state index < -0.39 is 0 Å². The maximum absolute atomic E-state index is 11.5. The number of nitrogens with one attached hydrogen (secondary N) is 2. The first-order chi connectivity index (χ1) is 8.61. The highest BCUT2D eigenvalue weighted by atomic mass is 79.9. The molecule has 0 aliphatic heterocycles. The van der Waals surface area contributed by atoms with Gasteiger partial charge in [0.05, 0.1) is 0 Å². The normalized spacial score (nSPS) is 11.9. The molecule has 3 N–H and O–H groups in total. The fourth-order valence-corrected chi connectivity index (χ4v) is 1.93. The highest BCUT2D eigenvalue weighted by Gasteiger charge is 2.04. The van der Waals surface area contributed by atoms with Gasteiger partial charge in [0.2, 0.25) is 0 Å². The molecule has 0 aliphatic rings. The lowest BCUT2D eigenvalue weighted by Crippen LogP contribution is -2.37. The first-order valence-corrected chi connectivity index (χ1v) is 6.78. The Bertz CT molecular complexity index is 385. The van der Waals surface area contributed by atoms with Gasteiger partial charge >= 0.3 is 6.03 Å². The van der Waals surface area contributed by atoms with Crippen LogP contribution in [0.5, 0.6) is 0 Å². The number of benzene rings is 1. The van der Waals surface area contributed by atoms with Crippen molar-refractivity contribution in [1.29, 1.82) is 0 Å². The molecular weight excluding hydrogens is 296 g/mol. The molecule has 0 saturated heterocycles. The molecule has 0 heterocycles. The number of hydrogen-bond acceptors (Lipinski definition) is 2. The third-order valence-corrected chi connectivity index (χ3v) is 3.07. The summed E-state index contributed by atoms with van der Waals surface area (Å²) in [7, 11) is 0. The molecule has 18 heavy (non-hydrogen) atoms. The van der Waals surface area contributed by atoms with E-state index in [4.69, 9.17) is 5.11 Å². The van der Waals surface area contributed by atoms with Gasteiger partial charge in [-0.2, -0.15) is 0 Å². The Morgan fingerprint density at radius 2 is 2.22 bits per heavy atom. The van der Waals surface area contributed by atoms with E-state index >= 15 is 0 Å². The Kier molecular flexibility index (Phi) is 6.75. The number of halogens is 1. The Hall–Kier alpha value is -1.07. The molecule has 4 nitrogen and oxygen atoms in total. The van der Waals surface area contributed by atoms with Crippen molar-refractivity contribution in [2.75, 3.05) is 13.2 Å². The second-order valence-electron chi connectivity index (χ2n) is 4.31. The van der Waals surface area contributed by atoms with Gasteiger partial charge in [0, 0.05) is 24.2 Å². The quantitative estimate of drug-likeness (QED) is 0.754. The van der Waals surface area contributed by atoms with E-state index in [0.717, 1.165) is 10.0 Å². The average Bonchev–Trinajstić information content (AvgIpc) is 2.34. The predicted octanol–water partition coefficient (Wildman–Crippen LogP) is 2.27. The number of aliphatic hydroxyl groups excluding tert-OH is 1. The molecule has 1 unspecified atom stereocenters. The molecule has 5 heteroatoms. The van der Waals surface area contributed by atoms with E-state index in [2.05, 4.69) is 26.6 Å². The molecule has 0 fully saturated rings. The van der Waals surface area contributed by atoms with E-state index in [-0.39, 0.29) is 18.6 Å². The minimum atomic E-state index is -0.181. The predicted molar refractivity (Wildman–Crippen MR) is 75.2 cm³/mol. The highest BCUT2D eigenvalue weighted by molar-refractivity contribution is 9.10. The molecule has 2 amide bonds. The first kappa shape index (κ1) is 15.0. The molecule has 0 spiro atoms. The fourth-order valence-electron chi connectivity index (χ4n) is 1.48. The van der Waals surface area contributed by atoms with Crippen molar-refractivity contribution in [2.24, 2.45) is 5.92 Å². The van der Waals surface area contributed by atoms with Crippen molar-refractivity contribution in [3.8, 4) is 0 Å². The van der Waals surface area contributed by atoms with Crippen molar-refractivity contribution in [3.05, 3.63) is 34.3 Å². The lowest BCUT2D eigenvalue weighted by atomic mass is 10.1. The van der Waals surface area contributed by atoms with Crippen LogP contribution in [-0.2, 0) is 6.54 Å². The molecule has 1 rings (SSSR count). The maximum atomic E-state index is 11.5. The van der Waals surface area contributed by atoms with Gasteiger partial charge in [0.1, 0.15) is 0 Å². The lowest BCUT2D eigenvalue weighted by molar-refractivity contribution is 0.233. The molecule has 0 saturated carbocycles. The Morgan fingerprint density at radius 1 is 1.44 bits per heavy atom. The van der Waals surface area contributed by atoms with E-state index in [1.165, 1.54) is 0 Å². The van der Waals surface area contributed by atoms with E-state index in [1.54, 1.807) is 0 Å². The summed E-state index contributed by atoms with van der Waals surface area (Å²) in [5.74, 6) is 0.284. The summed E-state index contributed by atoms with van der Waals surface area (Å²) in [5.41, 5.74) is 1.04. The topological polar surface area (TPSA) is 61.4 Å². The molecule has 1 aromatic carbocycles. The van der Waals surface area contributed by atoms with Crippen LogP contribution in [0, 0.1) is 5.92 Å². The molecule has 0 radical (unpaired) electrons. The monoisotopic (exact) mass is 314 g/mol. The Morgan fingerprint density at radius 3 is 2.89 bits per heavy atom. The van der Waals surface area contributed by atoms with Gasteiger partial charge in [-0.1, -0.05) is 35.0 Å². The van der Waals surface area contributed by atoms with Gasteiger partial charge in [0.25, 0.3) is 0 Å². The van der Waals surface area contributed by atoms with Crippen LogP contribution in [0.3, 0.4) is 0 Å². The number of urea groups is 1. The zero-order valence-corrected chi connectivity index (χ0v) is 12.0. The van der Waals surface area contributed by atoms with Crippen LogP contribution in [0.15, 0.2) is 28.7 Å². The summed E-state index contributed by atoms with van der Waals surface area (Å²) >= 11 is 3.38. The van der Waals surface area contributed by atoms with Crippen LogP contribution in [0.25, 0.3) is 0 Å². The van der Waals surface area contributed by atoms with Crippen LogP contribution in [0.1, 0.15) is 18.9 Å². The summed E-state index contributed by atoms with van der Waals surface area (Å²) in [4.78, 5) is 11.5. The molecule has 100 valence electrons. The standard InChI is InChI=1S/C13H19BrN2O2/c1-10(5-6-17)8-15-13(18)16-9-11-3-2-4-12(14)7-11/h2-4,7,10,17H,5-6,8-9H2,1H3,(H2,15,16,18). The number of amides is 2. The molecule has 0 aliphatic carbocycles. The van der Waals surface area contributed by atoms with Crippen molar-refractivity contribution in [1.82, 2.24) is 10.6 Å². The third-order valence-electron chi connectivity index (χ3n) is 2.58. The van der Waals surface area contributed by atoms with Crippen LogP contribution >= 0.6 is 15.9 Å². The molecule has 1 atom stereocenters. The Balaban J connectivity index is 2.25. The molecule has 0 bridgehead atoms. The van der Waals surface area contributed by atoms with Gasteiger partial charge < -0.3 is 15.7 Å². The lowest BCUT2D eigenvalue weighted by Gasteiger charge is -2.12. The average molecular weight is 315 g/mol. The van der Waals surface area contributed by atoms with Gasteiger partial charge in [-0.15, -0.1) is 0 Å². The van der Waals surface area contributed by atoms with Crippen molar-refractivity contribution in [3.63, 3.8) is 0 Å². The highest BCUT2D eigenvalue weighted by Crippen LogP contribution is 2.11. The zero-order valence-electron chi connectivity index (χ0n) is 10.4. The minimum Gasteiger partial charge on any atom is -0.396 e. The third kappa shape index (κ3) is 6.02. The zero-order chi connectivity index (χ0) is 13.4.